The summed E-state index contributed by atoms with van der Waals surface area (Å²) in [6, 6.07) is -0.578. The Morgan fingerprint density at radius 1 is 1.30 bits per heavy atom. The molecule has 3 rings (SSSR count). The fourth-order valence-corrected chi connectivity index (χ4v) is 4.15. The Labute approximate surface area is 122 Å². The van der Waals surface area contributed by atoms with Crippen LogP contribution >= 0.6 is 11.8 Å². The molecule has 0 saturated carbocycles. The van der Waals surface area contributed by atoms with E-state index in [4.69, 9.17) is 0 Å². The number of rotatable bonds is 3. The fourth-order valence-electron chi connectivity index (χ4n) is 3.19. The van der Waals surface area contributed by atoms with Gasteiger partial charge in [-0.1, -0.05) is 0 Å². The van der Waals surface area contributed by atoms with Crippen molar-refractivity contribution >= 4 is 29.7 Å². The molecule has 7 heteroatoms. The van der Waals surface area contributed by atoms with E-state index in [0.717, 1.165) is 38.0 Å². The van der Waals surface area contributed by atoms with Crippen LogP contribution in [-0.2, 0) is 14.4 Å². The SMILES string of the molecule is O=C[C@@H]1CCCN1N1CC(=O)C[C@H]1C(=O)N1CCSC1. The Kier molecular flexibility index (Phi) is 4.09. The summed E-state index contributed by atoms with van der Waals surface area (Å²) in [5.41, 5.74) is 0. The number of Topliss-reactive ketones (excluding diaryl/α,β-unsaturated/α-hetero) is 1. The lowest BCUT2D eigenvalue weighted by molar-refractivity contribution is -0.145. The van der Waals surface area contributed by atoms with E-state index >= 15 is 0 Å². The number of aldehydes is 1. The molecule has 3 aliphatic rings. The summed E-state index contributed by atoms with van der Waals surface area (Å²) in [7, 11) is 0. The molecule has 3 fully saturated rings. The van der Waals surface area contributed by atoms with Crippen LogP contribution in [0.15, 0.2) is 0 Å². The highest BCUT2D eigenvalue weighted by Crippen LogP contribution is 2.27. The average Bonchev–Trinajstić information content (AvgIpc) is 3.17. The predicted octanol–water partition coefficient (Wildman–Crippen LogP) is -0.259. The van der Waals surface area contributed by atoms with Crippen molar-refractivity contribution in [1.29, 1.82) is 0 Å². The Hall–Kier alpha value is -0.920. The molecule has 0 aromatic carbocycles. The van der Waals surface area contributed by atoms with Crippen molar-refractivity contribution in [2.24, 2.45) is 0 Å². The molecule has 20 heavy (non-hydrogen) atoms. The highest BCUT2D eigenvalue weighted by atomic mass is 32.2. The Morgan fingerprint density at radius 2 is 2.15 bits per heavy atom. The largest absolute Gasteiger partial charge is 0.331 e. The number of carbonyl (C=O) groups is 3. The van der Waals surface area contributed by atoms with E-state index in [1.807, 2.05) is 14.9 Å². The molecular formula is C13H19N3O3S. The van der Waals surface area contributed by atoms with Crippen molar-refractivity contribution in [2.75, 3.05) is 31.3 Å². The van der Waals surface area contributed by atoms with Crippen LogP contribution in [0.2, 0.25) is 0 Å². The first-order chi connectivity index (χ1) is 9.70. The van der Waals surface area contributed by atoms with Gasteiger partial charge in [0, 0.05) is 25.3 Å². The van der Waals surface area contributed by atoms with Gasteiger partial charge in [0.2, 0.25) is 5.91 Å². The van der Waals surface area contributed by atoms with Gasteiger partial charge in [-0.2, -0.15) is 0 Å². The second-order valence-electron chi connectivity index (χ2n) is 5.50. The maximum Gasteiger partial charge on any atom is 0.242 e. The van der Waals surface area contributed by atoms with E-state index in [2.05, 4.69) is 0 Å². The number of hydrazine groups is 1. The van der Waals surface area contributed by atoms with Crippen molar-refractivity contribution in [3.05, 3.63) is 0 Å². The van der Waals surface area contributed by atoms with E-state index in [-0.39, 0.29) is 30.7 Å². The van der Waals surface area contributed by atoms with Crippen molar-refractivity contribution in [3.63, 3.8) is 0 Å². The number of hydrogen-bond acceptors (Lipinski definition) is 6. The monoisotopic (exact) mass is 297 g/mol. The van der Waals surface area contributed by atoms with Gasteiger partial charge in [-0.3, -0.25) is 9.59 Å². The van der Waals surface area contributed by atoms with Gasteiger partial charge >= 0.3 is 0 Å². The van der Waals surface area contributed by atoms with Crippen LogP contribution in [0.3, 0.4) is 0 Å². The third-order valence-corrected chi connectivity index (χ3v) is 5.19. The second kappa shape index (κ2) is 5.83. The number of thioether (sulfide) groups is 1. The zero-order chi connectivity index (χ0) is 14.1. The predicted molar refractivity (Wildman–Crippen MR) is 74.9 cm³/mol. The van der Waals surface area contributed by atoms with Gasteiger partial charge in [-0.15, -0.1) is 11.8 Å². The fraction of sp³-hybridized carbons (Fsp3) is 0.769. The van der Waals surface area contributed by atoms with E-state index in [1.54, 1.807) is 11.8 Å². The molecule has 2 atom stereocenters. The molecule has 6 nitrogen and oxygen atoms in total. The molecule has 0 aliphatic carbocycles. The zero-order valence-corrected chi connectivity index (χ0v) is 12.2. The van der Waals surface area contributed by atoms with Gasteiger partial charge in [0.05, 0.1) is 18.5 Å². The Bertz CT molecular complexity index is 425. The van der Waals surface area contributed by atoms with Gasteiger partial charge in [0.15, 0.2) is 0 Å². The normalized spacial score (nSPS) is 32.2. The summed E-state index contributed by atoms with van der Waals surface area (Å²) in [5.74, 6) is 1.81. The van der Waals surface area contributed by atoms with Crippen LogP contribution in [0.5, 0.6) is 0 Å². The maximum atomic E-state index is 12.6. The summed E-state index contributed by atoms with van der Waals surface area (Å²) in [6.45, 7) is 1.79. The van der Waals surface area contributed by atoms with E-state index in [1.165, 1.54) is 0 Å². The van der Waals surface area contributed by atoms with Crippen LogP contribution < -0.4 is 0 Å². The Morgan fingerprint density at radius 3 is 2.85 bits per heavy atom. The molecule has 0 radical (unpaired) electrons. The molecular weight excluding hydrogens is 278 g/mol. The summed E-state index contributed by atoms with van der Waals surface area (Å²) < 4.78 is 0. The molecule has 0 unspecified atom stereocenters. The number of hydrogen-bond donors (Lipinski definition) is 0. The lowest BCUT2D eigenvalue weighted by Gasteiger charge is -2.35. The van der Waals surface area contributed by atoms with Gasteiger partial charge in [0.1, 0.15) is 18.1 Å². The first kappa shape index (κ1) is 14.0. The maximum absolute atomic E-state index is 12.6. The molecule has 1 amide bonds. The van der Waals surface area contributed by atoms with Crippen molar-refractivity contribution in [3.8, 4) is 0 Å². The number of carbonyl (C=O) groups excluding carboxylic acids is 3. The minimum Gasteiger partial charge on any atom is -0.331 e. The molecule has 0 aromatic heterocycles. The summed E-state index contributed by atoms with van der Waals surface area (Å²) in [4.78, 5) is 37.3. The minimum absolute atomic E-state index is 0.0393. The highest BCUT2D eigenvalue weighted by molar-refractivity contribution is 7.99. The van der Waals surface area contributed by atoms with E-state index in [9.17, 15) is 14.4 Å². The lowest BCUT2D eigenvalue weighted by atomic mass is 10.2. The van der Waals surface area contributed by atoms with Crippen molar-refractivity contribution in [2.45, 2.75) is 31.3 Å². The van der Waals surface area contributed by atoms with E-state index in [0.29, 0.717) is 5.88 Å². The van der Waals surface area contributed by atoms with Gasteiger partial charge in [-0.25, -0.2) is 10.0 Å². The second-order valence-corrected chi connectivity index (χ2v) is 6.58. The van der Waals surface area contributed by atoms with Crippen molar-refractivity contribution in [1.82, 2.24) is 14.9 Å². The molecule has 3 aliphatic heterocycles. The Balaban J connectivity index is 1.75. The molecule has 0 N–H and O–H groups in total. The van der Waals surface area contributed by atoms with Crippen LogP contribution in [0.4, 0.5) is 0 Å². The minimum atomic E-state index is -0.401. The first-order valence-electron chi connectivity index (χ1n) is 7.07. The molecule has 0 bridgehead atoms. The molecule has 3 saturated heterocycles. The van der Waals surface area contributed by atoms with Crippen LogP contribution in [0, 0.1) is 0 Å². The first-order valence-corrected chi connectivity index (χ1v) is 8.23. The smallest absolute Gasteiger partial charge is 0.242 e. The molecule has 3 heterocycles. The zero-order valence-electron chi connectivity index (χ0n) is 11.4. The molecule has 0 spiro atoms. The topological polar surface area (TPSA) is 60.9 Å². The van der Waals surface area contributed by atoms with E-state index < -0.39 is 6.04 Å². The van der Waals surface area contributed by atoms with Gasteiger partial charge < -0.3 is 9.69 Å². The summed E-state index contributed by atoms with van der Waals surface area (Å²) >= 11 is 1.74. The van der Waals surface area contributed by atoms with Crippen molar-refractivity contribution < 1.29 is 14.4 Å². The molecule has 0 aromatic rings. The van der Waals surface area contributed by atoms with Gasteiger partial charge in [-0.05, 0) is 12.8 Å². The third-order valence-electron chi connectivity index (χ3n) is 4.23. The number of ketones is 1. The highest BCUT2D eigenvalue weighted by Gasteiger charge is 2.44. The number of nitrogens with zero attached hydrogens (tertiary/aromatic N) is 3. The quantitative estimate of drug-likeness (QED) is 0.669. The summed E-state index contributed by atoms with van der Waals surface area (Å²) in [5, 5.41) is 3.78. The lowest BCUT2D eigenvalue weighted by Crippen LogP contribution is -2.54. The van der Waals surface area contributed by atoms with Crippen LogP contribution in [-0.4, -0.2) is 76.2 Å². The number of amides is 1. The summed E-state index contributed by atoms with van der Waals surface area (Å²) in [6.07, 6.45) is 2.97. The average molecular weight is 297 g/mol. The van der Waals surface area contributed by atoms with Gasteiger partial charge in [0.25, 0.3) is 0 Å². The van der Waals surface area contributed by atoms with Crippen LogP contribution in [0.25, 0.3) is 0 Å². The molecule has 110 valence electrons. The third kappa shape index (κ3) is 2.49. The van der Waals surface area contributed by atoms with Crippen LogP contribution in [0.1, 0.15) is 19.3 Å². The standard InChI is InChI=1S/C13H19N3O3S/c17-8-10-2-1-3-15(10)16-7-11(18)6-12(16)13(19)14-4-5-20-9-14/h8,10,12H,1-7,9H2/t10-,12-/m0/s1.